The Balaban J connectivity index is 1.49. The average molecular weight is 357 g/mol. The SMILES string of the molecule is O=C(c1ccc(Br)s1)N1CCC(CN2CCCC2)CC1. The van der Waals surface area contributed by atoms with E-state index in [9.17, 15) is 4.79 Å². The smallest absolute Gasteiger partial charge is 0.263 e. The van der Waals surface area contributed by atoms with Gasteiger partial charge in [-0.25, -0.2) is 0 Å². The van der Waals surface area contributed by atoms with Gasteiger partial charge < -0.3 is 9.80 Å². The Hall–Kier alpha value is -0.390. The van der Waals surface area contributed by atoms with E-state index in [4.69, 9.17) is 0 Å². The van der Waals surface area contributed by atoms with Crippen molar-refractivity contribution in [2.75, 3.05) is 32.7 Å². The van der Waals surface area contributed by atoms with Crippen molar-refractivity contribution in [1.29, 1.82) is 0 Å². The van der Waals surface area contributed by atoms with Gasteiger partial charge in [-0.1, -0.05) is 0 Å². The summed E-state index contributed by atoms with van der Waals surface area (Å²) in [5.74, 6) is 0.993. The lowest BCUT2D eigenvalue weighted by Crippen LogP contribution is -2.41. The van der Waals surface area contributed by atoms with E-state index in [1.165, 1.54) is 43.8 Å². The van der Waals surface area contributed by atoms with Crippen molar-refractivity contribution in [2.45, 2.75) is 25.7 Å². The van der Waals surface area contributed by atoms with Crippen LogP contribution in [-0.4, -0.2) is 48.4 Å². The molecule has 3 heterocycles. The number of halogens is 1. The molecule has 1 aromatic rings. The highest BCUT2D eigenvalue weighted by atomic mass is 79.9. The highest BCUT2D eigenvalue weighted by molar-refractivity contribution is 9.11. The minimum atomic E-state index is 0.209. The molecule has 0 bridgehead atoms. The summed E-state index contributed by atoms with van der Waals surface area (Å²) in [5, 5.41) is 0. The van der Waals surface area contributed by atoms with E-state index in [2.05, 4.69) is 20.8 Å². The van der Waals surface area contributed by atoms with Crippen molar-refractivity contribution in [3.8, 4) is 0 Å². The molecule has 110 valence electrons. The van der Waals surface area contributed by atoms with E-state index in [0.717, 1.165) is 40.5 Å². The second kappa shape index (κ2) is 6.58. The van der Waals surface area contributed by atoms with E-state index in [1.807, 2.05) is 17.0 Å². The molecule has 2 fully saturated rings. The summed E-state index contributed by atoms with van der Waals surface area (Å²) in [6, 6.07) is 3.88. The summed E-state index contributed by atoms with van der Waals surface area (Å²) >= 11 is 4.96. The molecule has 20 heavy (non-hydrogen) atoms. The van der Waals surface area contributed by atoms with Gasteiger partial charge in [0.25, 0.3) is 5.91 Å². The first kappa shape index (κ1) is 14.5. The molecule has 1 amide bonds. The number of rotatable bonds is 3. The molecule has 0 N–H and O–H groups in total. The van der Waals surface area contributed by atoms with Crippen molar-refractivity contribution in [3.05, 3.63) is 20.8 Å². The van der Waals surface area contributed by atoms with Gasteiger partial charge in [0.15, 0.2) is 0 Å². The molecule has 1 aromatic heterocycles. The normalized spacial score (nSPS) is 21.6. The minimum absolute atomic E-state index is 0.209. The van der Waals surface area contributed by atoms with Gasteiger partial charge in [-0.3, -0.25) is 4.79 Å². The zero-order valence-corrected chi connectivity index (χ0v) is 14.1. The predicted octanol–water partition coefficient (Wildman–Crippen LogP) is 3.46. The molecular weight excluding hydrogens is 336 g/mol. The highest BCUT2D eigenvalue weighted by Crippen LogP contribution is 2.26. The van der Waals surface area contributed by atoms with Gasteiger partial charge >= 0.3 is 0 Å². The number of carbonyl (C=O) groups is 1. The Morgan fingerprint density at radius 1 is 1.20 bits per heavy atom. The summed E-state index contributed by atoms with van der Waals surface area (Å²) < 4.78 is 1.03. The van der Waals surface area contributed by atoms with E-state index in [1.54, 1.807) is 0 Å². The Bertz CT molecular complexity index is 462. The standard InChI is InChI=1S/C15H21BrN2OS/c16-14-4-3-13(20-14)15(19)18-9-5-12(6-10-18)11-17-7-1-2-8-17/h3-4,12H,1-2,5-11H2. The van der Waals surface area contributed by atoms with Crippen molar-refractivity contribution in [3.63, 3.8) is 0 Å². The zero-order valence-electron chi connectivity index (χ0n) is 11.7. The second-order valence-electron chi connectivity index (χ2n) is 5.85. The van der Waals surface area contributed by atoms with Crippen LogP contribution in [0.3, 0.4) is 0 Å². The molecule has 0 spiro atoms. The van der Waals surface area contributed by atoms with Gasteiger partial charge in [-0.05, 0) is 72.8 Å². The number of likely N-dealkylation sites (tertiary alicyclic amines) is 2. The molecule has 0 atom stereocenters. The fourth-order valence-corrected chi connectivity index (χ4v) is 4.59. The first-order valence-corrected chi connectivity index (χ1v) is 9.10. The van der Waals surface area contributed by atoms with Gasteiger partial charge in [0, 0.05) is 19.6 Å². The minimum Gasteiger partial charge on any atom is -0.338 e. The lowest BCUT2D eigenvalue weighted by Gasteiger charge is -2.33. The maximum Gasteiger partial charge on any atom is 0.263 e. The maximum atomic E-state index is 12.4. The molecule has 2 saturated heterocycles. The summed E-state index contributed by atoms with van der Waals surface area (Å²) in [5.41, 5.74) is 0. The van der Waals surface area contributed by atoms with Crippen LogP contribution in [0.1, 0.15) is 35.4 Å². The van der Waals surface area contributed by atoms with Gasteiger partial charge in [-0.2, -0.15) is 0 Å². The largest absolute Gasteiger partial charge is 0.338 e. The number of hydrogen-bond donors (Lipinski definition) is 0. The predicted molar refractivity (Wildman–Crippen MR) is 86.3 cm³/mol. The van der Waals surface area contributed by atoms with Crippen LogP contribution >= 0.6 is 27.3 Å². The zero-order chi connectivity index (χ0) is 13.9. The summed E-state index contributed by atoms with van der Waals surface area (Å²) in [7, 11) is 0. The molecule has 5 heteroatoms. The highest BCUT2D eigenvalue weighted by Gasteiger charge is 2.26. The third-order valence-electron chi connectivity index (χ3n) is 4.40. The molecule has 2 aliphatic heterocycles. The fraction of sp³-hybridized carbons (Fsp3) is 0.667. The number of piperidine rings is 1. The Morgan fingerprint density at radius 3 is 2.50 bits per heavy atom. The van der Waals surface area contributed by atoms with E-state index in [-0.39, 0.29) is 5.91 Å². The molecule has 3 nitrogen and oxygen atoms in total. The fourth-order valence-electron chi connectivity index (χ4n) is 3.23. The Morgan fingerprint density at radius 2 is 1.90 bits per heavy atom. The number of hydrogen-bond acceptors (Lipinski definition) is 3. The third kappa shape index (κ3) is 3.43. The average Bonchev–Trinajstić information content (AvgIpc) is 3.10. The summed E-state index contributed by atoms with van der Waals surface area (Å²) in [6.45, 7) is 5.65. The summed E-state index contributed by atoms with van der Waals surface area (Å²) in [6.07, 6.45) is 5.05. The topological polar surface area (TPSA) is 23.6 Å². The molecule has 0 aromatic carbocycles. The van der Waals surface area contributed by atoms with E-state index in [0.29, 0.717) is 0 Å². The van der Waals surface area contributed by atoms with Gasteiger partial charge in [0.1, 0.15) is 0 Å². The quantitative estimate of drug-likeness (QED) is 0.827. The molecular formula is C15H21BrN2OS. The monoisotopic (exact) mass is 356 g/mol. The molecule has 0 unspecified atom stereocenters. The third-order valence-corrected chi connectivity index (χ3v) is 6.01. The van der Waals surface area contributed by atoms with E-state index >= 15 is 0 Å². The number of nitrogens with zero attached hydrogens (tertiary/aromatic N) is 2. The Kier molecular flexibility index (Phi) is 4.79. The maximum absolute atomic E-state index is 12.4. The van der Waals surface area contributed by atoms with E-state index < -0.39 is 0 Å². The first-order chi connectivity index (χ1) is 9.72. The molecule has 0 saturated carbocycles. The van der Waals surface area contributed by atoms with Crippen LogP contribution in [0.2, 0.25) is 0 Å². The lowest BCUT2D eigenvalue weighted by molar-refractivity contribution is 0.0678. The first-order valence-electron chi connectivity index (χ1n) is 7.49. The van der Waals surface area contributed by atoms with Crippen LogP contribution in [0.5, 0.6) is 0 Å². The van der Waals surface area contributed by atoms with Crippen molar-refractivity contribution >= 4 is 33.2 Å². The molecule has 0 radical (unpaired) electrons. The van der Waals surface area contributed by atoms with Gasteiger partial charge in [0.2, 0.25) is 0 Å². The molecule has 2 aliphatic rings. The van der Waals surface area contributed by atoms with Crippen LogP contribution in [0.15, 0.2) is 15.9 Å². The Labute approximate surface area is 133 Å². The lowest BCUT2D eigenvalue weighted by atomic mass is 9.96. The number of thiophene rings is 1. The molecule has 3 rings (SSSR count). The second-order valence-corrected chi connectivity index (χ2v) is 8.31. The van der Waals surface area contributed by atoms with Crippen molar-refractivity contribution < 1.29 is 4.79 Å². The number of carbonyl (C=O) groups excluding carboxylic acids is 1. The van der Waals surface area contributed by atoms with Gasteiger partial charge in [-0.15, -0.1) is 11.3 Å². The van der Waals surface area contributed by atoms with Crippen molar-refractivity contribution in [1.82, 2.24) is 9.80 Å². The van der Waals surface area contributed by atoms with Crippen LogP contribution in [-0.2, 0) is 0 Å². The summed E-state index contributed by atoms with van der Waals surface area (Å²) in [4.78, 5) is 17.8. The molecule has 0 aliphatic carbocycles. The van der Waals surface area contributed by atoms with Crippen LogP contribution in [0.4, 0.5) is 0 Å². The van der Waals surface area contributed by atoms with Crippen LogP contribution in [0, 0.1) is 5.92 Å². The van der Waals surface area contributed by atoms with Crippen LogP contribution in [0.25, 0.3) is 0 Å². The van der Waals surface area contributed by atoms with Crippen LogP contribution < -0.4 is 0 Å². The van der Waals surface area contributed by atoms with Gasteiger partial charge in [0.05, 0.1) is 8.66 Å². The van der Waals surface area contributed by atoms with Crippen molar-refractivity contribution in [2.24, 2.45) is 5.92 Å². The number of amides is 1.